The van der Waals surface area contributed by atoms with Gasteiger partial charge in [-0.2, -0.15) is 4.90 Å². The second-order valence-electron chi connectivity index (χ2n) is 5.30. The van der Waals surface area contributed by atoms with E-state index in [4.69, 9.17) is 9.47 Å². The monoisotopic (exact) mass is 341 g/mol. The van der Waals surface area contributed by atoms with Crippen LogP contribution < -0.4 is 9.47 Å². The van der Waals surface area contributed by atoms with Crippen molar-refractivity contribution < 1.29 is 19.5 Å². The van der Waals surface area contributed by atoms with E-state index in [0.717, 1.165) is 10.9 Å². The number of rotatable bonds is 4. The SMILES string of the molecule is CCOc1c(/C(O)=C2\C=CC=CC2=[N+]([O-])[O-])[nH]c2ccc(OC)cc12. The second kappa shape index (κ2) is 6.64. The molecule has 0 atom stereocenters. The van der Waals surface area contributed by atoms with E-state index in [1.807, 2.05) is 6.92 Å². The molecule has 1 aliphatic carbocycles. The fourth-order valence-electron chi connectivity index (χ4n) is 2.70. The molecule has 2 aromatic rings. The average molecular weight is 341 g/mol. The Morgan fingerprint density at radius 2 is 2.00 bits per heavy atom. The number of benzene rings is 1. The predicted octanol–water partition coefficient (Wildman–Crippen LogP) is 3.42. The molecule has 0 aliphatic heterocycles. The first-order valence-electron chi connectivity index (χ1n) is 7.69. The summed E-state index contributed by atoms with van der Waals surface area (Å²) in [7, 11) is 1.56. The number of H-pyrrole nitrogens is 1. The number of allylic oxidation sites excluding steroid dienone is 5. The Kier molecular flexibility index (Phi) is 4.38. The molecule has 1 aromatic carbocycles. The van der Waals surface area contributed by atoms with Gasteiger partial charge in [-0.25, -0.2) is 0 Å². The van der Waals surface area contributed by atoms with Crippen LogP contribution in [-0.4, -0.2) is 34.4 Å². The highest BCUT2D eigenvalue weighted by molar-refractivity contribution is 6.13. The molecule has 2 N–H and O–H groups in total. The topological polar surface area (TPSA) is 104 Å². The highest BCUT2D eigenvalue weighted by Gasteiger charge is 2.23. The lowest BCUT2D eigenvalue weighted by atomic mass is 10.0. The standard InChI is InChI=1S/C18H17N2O5/c1-3-25-18-13-10-11(24-2)8-9-14(13)19-16(18)17(21)12-6-4-5-7-15(12)20(22)23/h4-10,19H,3H2,1-2H3,(H-,21,22,23)/q-1/b17-12-. The van der Waals surface area contributed by atoms with Crippen LogP contribution in [0.2, 0.25) is 0 Å². The fourth-order valence-corrected chi connectivity index (χ4v) is 2.70. The smallest absolute Gasteiger partial charge is 0.233 e. The molecule has 7 heteroatoms. The number of hydrogen-bond donors (Lipinski definition) is 2. The zero-order chi connectivity index (χ0) is 18.0. The maximum Gasteiger partial charge on any atom is 0.233 e. The van der Waals surface area contributed by atoms with E-state index < -0.39 is 4.90 Å². The maximum absolute atomic E-state index is 11.2. The molecule has 0 amide bonds. The van der Waals surface area contributed by atoms with Crippen molar-refractivity contribution in [3.05, 3.63) is 64.2 Å². The molecule has 0 fully saturated rings. The molecule has 0 bridgehead atoms. The Labute approximate surface area is 144 Å². The minimum absolute atomic E-state index is 0.118. The van der Waals surface area contributed by atoms with Crippen LogP contribution in [0.15, 0.2) is 48.1 Å². The van der Waals surface area contributed by atoms with E-state index in [-0.39, 0.29) is 17.0 Å². The number of aromatic nitrogens is 1. The summed E-state index contributed by atoms with van der Waals surface area (Å²) in [5, 5.41) is 33.9. The molecule has 130 valence electrons. The van der Waals surface area contributed by atoms with Gasteiger partial charge in [-0.15, -0.1) is 0 Å². The quantitative estimate of drug-likeness (QED) is 0.504. The molecule has 25 heavy (non-hydrogen) atoms. The summed E-state index contributed by atoms with van der Waals surface area (Å²) in [6.45, 7) is 2.20. The van der Waals surface area contributed by atoms with Crippen molar-refractivity contribution in [3.63, 3.8) is 0 Å². The number of nitrogens with zero attached hydrogens (tertiary/aromatic N) is 1. The van der Waals surface area contributed by atoms with Crippen molar-refractivity contribution >= 4 is 22.4 Å². The first-order chi connectivity index (χ1) is 12.1. The Balaban J connectivity index is 2.25. The van der Waals surface area contributed by atoms with Gasteiger partial charge in [0, 0.05) is 11.5 Å². The normalized spacial score (nSPS) is 15.5. The zero-order valence-electron chi connectivity index (χ0n) is 13.8. The summed E-state index contributed by atoms with van der Waals surface area (Å²) in [4.78, 5) is 2.54. The first-order valence-corrected chi connectivity index (χ1v) is 7.69. The molecule has 0 saturated heterocycles. The van der Waals surface area contributed by atoms with Crippen molar-refractivity contribution in [2.24, 2.45) is 0 Å². The van der Waals surface area contributed by atoms with Crippen LogP contribution in [0.5, 0.6) is 11.5 Å². The summed E-state index contributed by atoms with van der Waals surface area (Å²) in [5.74, 6) is 0.821. The third-order valence-corrected chi connectivity index (χ3v) is 3.84. The second-order valence-corrected chi connectivity index (χ2v) is 5.30. The van der Waals surface area contributed by atoms with Crippen molar-refractivity contribution in [2.75, 3.05) is 13.7 Å². The van der Waals surface area contributed by atoms with Gasteiger partial charge in [0.15, 0.2) is 11.5 Å². The van der Waals surface area contributed by atoms with E-state index in [0.29, 0.717) is 23.8 Å². The molecular formula is C18H17N2O5-. The third kappa shape index (κ3) is 2.91. The fraction of sp³-hybridized carbons (Fsp3) is 0.167. The van der Waals surface area contributed by atoms with Gasteiger partial charge in [-0.05, 0) is 31.2 Å². The number of aromatic amines is 1. The van der Waals surface area contributed by atoms with Crippen molar-refractivity contribution in [2.45, 2.75) is 6.92 Å². The van der Waals surface area contributed by atoms with E-state index in [1.165, 1.54) is 12.2 Å². The molecule has 7 nitrogen and oxygen atoms in total. The zero-order valence-corrected chi connectivity index (χ0v) is 13.8. The summed E-state index contributed by atoms with van der Waals surface area (Å²) in [6, 6.07) is 5.36. The van der Waals surface area contributed by atoms with Gasteiger partial charge < -0.3 is 30.0 Å². The minimum Gasteiger partial charge on any atom is -0.612 e. The van der Waals surface area contributed by atoms with E-state index in [1.54, 1.807) is 37.5 Å². The maximum atomic E-state index is 11.2. The molecule has 1 aromatic heterocycles. The average Bonchev–Trinajstić information content (AvgIpc) is 2.99. The van der Waals surface area contributed by atoms with E-state index in [2.05, 4.69) is 4.98 Å². The lowest BCUT2D eigenvalue weighted by Crippen LogP contribution is -2.13. The third-order valence-electron chi connectivity index (χ3n) is 3.84. The molecule has 0 saturated carbocycles. The van der Waals surface area contributed by atoms with Crippen LogP contribution in [-0.2, 0) is 0 Å². The molecule has 3 rings (SSSR count). The Bertz CT molecular complexity index is 930. The number of aliphatic hydroxyl groups excluding tert-OH is 1. The van der Waals surface area contributed by atoms with Crippen LogP contribution in [0.25, 0.3) is 16.7 Å². The lowest BCUT2D eigenvalue weighted by Gasteiger charge is -2.13. The number of methoxy groups -OCH3 is 1. The molecular weight excluding hydrogens is 324 g/mol. The summed E-state index contributed by atoms with van der Waals surface area (Å²) in [6.07, 6.45) is 6.02. The highest BCUT2D eigenvalue weighted by atomic mass is 16.8. The Hall–Kier alpha value is -3.35. The number of ether oxygens (including phenoxy) is 2. The van der Waals surface area contributed by atoms with Gasteiger partial charge in [0.05, 0.1) is 24.8 Å². The van der Waals surface area contributed by atoms with Crippen LogP contribution in [0.4, 0.5) is 0 Å². The minimum atomic E-state index is -0.530. The predicted molar refractivity (Wildman–Crippen MR) is 95.8 cm³/mol. The van der Waals surface area contributed by atoms with Gasteiger partial charge >= 0.3 is 0 Å². The highest BCUT2D eigenvalue weighted by Crippen LogP contribution is 2.37. The summed E-state index contributed by atoms with van der Waals surface area (Å²) < 4.78 is 10.9. The summed E-state index contributed by atoms with van der Waals surface area (Å²) >= 11 is 0. The largest absolute Gasteiger partial charge is 0.612 e. The first kappa shape index (κ1) is 16.5. The Morgan fingerprint density at radius 1 is 1.24 bits per heavy atom. The van der Waals surface area contributed by atoms with Crippen molar-refractivity contribution in [1.82, 2.24) is 4.98 Å². The number of nitrogens with one attached hydrogen (secondary N) is 1. The molecule has 1 heterocycles. The van der Waals surface area contributed by atoms with Gasteiger partial charge in [-0.1, -0.05) is 12.2 Å². The van der Waals surface area contributed by atoms with Crippen LogP contribution in [0.3, 0.4) is 0 Å². The number of fused-ring (bicyclic) bond motifs is 1. The lowest BCUT2D eigenvalue weighted by molar-refractivity contribution is -0.377. The van der Waals surface area contributed by atoms with Crippen LogP contribution in [0, 0.1) is 10.4 Å². The van der Waals surface area contributed by atoms with Crippen LogP contribution in [0.1, 0.15) is 12.6 Å². The van der Waals surface area contributed by atoms with Gasteiger partial charge in [-0.3, -0.25) is 0 Å². The van der Waals surface area contributed by atoms with Crippen LogP contribution >= 0.6 is 0 Å². The van der Waals surface area contributed by atoms with Gasteiger partial charge in [0.25, 0.3) is 0 Å². The van der Waals surface area contributed by atoms with Crippen molar-refractivity contribution in [1.29, 1.82) is 0 Å². The van der Waals surface area contributed by atoms with Crippen molar-refractivity contribution in [3.8, 4) is 11.5 Å². The summed E-state index contributed by atoms with van der Waals surface area (Å²) in [5.41, 5.74) is 0.953. The molecule has 0 unspecified atom stereocenters. The number of hydrogen-bond acceptors (Lipinski definition) is 5. The molecule has 0 spiro atoms. The molecule has 1 aliphatic rings. The van der Waals surface area contributed by atoms with Gasteiger partial charge in [0.2, 0.25) is 5.71 Å². The van der Waals surface area contributed by atoms with Gasteiger partial charge in [0.1, 0.15) is 11.4 Å². The Morgan fingerprint density at radius 3 is 2.68 bits per heavy atom. The number of aliphatic hydroxyl groups is 1. The molecule has 0 radical (unpaired) electrons. The van der Waals surface area contributed by atoms with E-state index >= 15 is 0 Å². The van der Waals surface area contributed by atoms with E-state index in [9.17, 15) is 15.5 Å².